The predicted octanol–water partition coefficient (Wildman–Crippen LogP) is 3.50. The van der Waals surface area contributed by atoms with Crippen LogP contribution in [0, 0.1) is 0 Å². The highest BCUT2D eigenvalue weighted by Crippen LogP contribution is 2.49. The first-order chi connectivity index (χ1) is 15.7. The minimum atomic E-state index is -1.26. The molecule has 2 unspecified atom stereocenters. The molecule has 2 N–H and O–H groups in total. The number of nitrogens with one attached hydrogen (secondary N) is 1. The molecule has 2 saturated heterocycles. The van der Waals surface area contributed by atoms with Crippen molar-refractivity contribution in [3.63, 3.8) is 0 Å². The second kappa shape index (κ2) is 8.06. The number of rotatable bonds is 4. The van der Waals surface area contributed by atoms with Crippen LogP contribution in [0.2, 0.25) is 5.02 Å². The van der Waals surface area contributed by atoms with E-state index in [9.17, 15) is 19.5 Å². The molecular weight excluding hydrogens is 485 g/mol. The van der Waals surface area contributed by atoms with Crippen molar-refractivity contribution in [1.82, 2.24) is 15.1 Å². The van der Waals surface area contributed by atoms with Crippen molar-refractivity contribution >= 4 is 52.7 Å². The summed E-state index contributed by atoms with van der Waals surface area (Å²) in [4.78, 5) is 41.6. The Labute approximate surface area is 204 Å². The number of β-lactam (4-membered cyclic amide) rings is 1. The zero-order chi connectivity index (χ0) is 23.5. The Kier molecular flexibility index (Phi) is 5.44. The molecule has 2 aromatic rings. The van der Waals surface area contributed by atoms with E-state index < -0.39 is 35.0 Å². The number of carbonyl (C=O) groups excluding carboxylic acids is 2. The fraction of sp³-hybridized carbons (Fsp3) is 0.261. The quantitative estimate of drug-likeness (QED) is 0.620. The van der Waals surface area contributed by atoms with Crippen LogP contribution in [0.1, 0.15) is 24.1 Å². The Morgan fingerprint density at radius 2 is 1.76 bits per heavy atom. The third kappa shape index (κ3) is 3.35. The van der Waals surface area contributed by atoms with Gasteiger partial charge in [-0.05, 0) is 30.2 Å². The molecular formula is C23H19Cl2N3O4S. The molecule has 33 heavy (non-hydrogen) atoms. The third-order valence-corrected chi connectivity index (χ3v) is 8.29. The highest BCUT2D eigenvalue weighted by Gasteiger charge is 2.63. The van der Waals surface area contributed by atoms with Crippen molar-refractivity contribution in [2.75, 3.05) is 5.75 Å². The van der Waals surface area contributed by atoms with E-state index in [0.29, 0.717) is 5.02 Å². The smallest absolute Gasteiger partial charge is 0.353 e. The Bertz CT molecular complexity index is 1190. The molecule has 0 spiro atoms. The van der Waals surface area contributed by atoms with Gasteiger partial charge in [-0.15, -0.1) is 11.8 Å². The number of hydrogen-bond donors (Lipinski definition) is 2. The lowest BCUT2D eigenvalue weighted by atomic mass is 9.95. The highest BCUT2D eigenvalue weighted by atomic mass is 35.5. The number of carbonyl (C=O) groups is 3. The zero-order valence-electron chi connectivity index (χ0n) is 17.4. The minimum absolute atomic E-state index is 0.115. The molecule has 5 rings (SSSR count). The third-order valence-electron chi connectivity index (χ3n) is 6.31. The van der Waals surface area contributed by atoms with Crippen molar-refractivity contribution in [3.05, 3.63) is 81.5 Å². The van der Waals surface area contributed by atoms with Crippen LogP contribution >= 0.6 is 35.0 Å². The number of nitrogens with zero attached hydrogens (tertiary/aromatic N) is 2. The number of aliphatic carboxylic acids is 1. The van der Waals surface area contributed by atoms with Crippen LogP contribution in [0.5, 0.6) is 0 Å². The van der Waals surface area contributed by atoms with Crippen LogP contribution in [0.25, 0.3) is 0 Å². The number of amides is 2. The first-order valence-electron chi connectivity index (χ1n) is 10.2. The van der Waals surface area contributed by atoms with Crippen molar-refractivity contribution < 1.29 is 19.5 Å². The molecule has 4 atom stereocenters. The summed E-state index contributed by atoms with van der Waals surface area (Å²) in [6.07, 6.45) is 0. The van der Waals surface area contributed by atoms with Crippen LogP contribution < -0.4 is 5.32 Å². The van der Waals surface area contributed by atoms with Crippen LogP contribution in [0.4, 0.5) is 0 Å². The Balaban J connectivity index is 1.58. The van der Waals surface area contributed by atoms with E-state index in [1.807, 2.05) is 49.4 Å². The van der Waals surface area contributed by atoms with Gasteiger partial charge in [-0.1, -0.05) is 65.7 Å². The minimum Gasteiger partial charge on any atom is -0.477 e. The molecule has 0 saturated carbocycles. The van der Waals surface area contributed by atoms with Gasteiger partial charge in [0.25, 0.3) is 5.91 Å². The van der Waals surface area contributed by atoms with E-state index >= 15 is 0 Å². The van der Waals surface area contributed by atoms with Crippen molar-refractivity contribution in [3.8, 4) is 0 Å². The van der Waals surface area contributed by atoms with Crippen molar-refractivity contribution in [2.45, 2.75) is 30.0 Å². The second-order valence-electron chi connectivity index (χ2n) is 8.19. The average Bonchev–Trinajstić information content (AvgIpc) is 3.06. The maximum Gasteiger partial charge on any atom is 0.353 e. The van der Waals surface area contributed by atoms with E-state index in [-0.39, 0.29) is 22.4 Å². The highest BCUT2D eigenvalue weighted by molar-refractivity contribution is 8.00. The molecule has 0 aromatic heterocycles. The fourth-order valence-electron chi connectivity index (χ4n) is 4.72. The summed E-state index contributed by atoms with van der Waals surface area (Å²) >= 11 is 13.6. The summed E-state index contributed by atoms with van der Waals surface area (Å²) in [6, 6.07) is 14.9. The predicted molar refractivity (Wildman–Crippen MR) is 125 cm³/mol. The summed E-state index contributed by atoms with van der Waals surface area (Å²) in [5, 5.41) is 13.1. The number of carboxylic acid groups (broad SMARTS) is 1. The average molecular weight is 504 g/mol. The Morgan fingerprint density at radius 1 is 1.09 bits per heavy atom. The van der Waals surface area contributed by atoms with Gasteiger partial charge in [0, 0.05) is 10.8 Å². The lowest BCUT2D eigenvalue weighted by molar-refractivity contribution is -0.163. The molecule has 3 heterocycles. The zero-order valence-corrected chi connectivity index (χ0v) is 19.7. The van der Waals surface area contributed by atoms with Crippen LogP contribution in [0.15, 0.2) is 65.3 Å². The van der Waals surface area contributed by atoms with Gasteiger partial charge < -0.3 is 10.0 Å². The normalized spacial score (nSPS) is 29.2. The molecule has 0 radical (unpaired) electrons. The molecule has 0 bridgehead atoms. The summed E-state index contributed by atoms with van der Waals surface area (Å²) in [6.45, 7) is 1.85. The molecule has 0 aliphatic carbocycles. The summed E-state index contributed by atoms with van der Waals surface area (Å²) in [7, 11) is 0. The topological polar surface area (TPSA) is 90.0 Å². The molecule has 2 fully saturated rings. The Morgan fingerprint density at radius 3 is 2.39 bits per heavy atom. The molecule has 10 heteroatoms. The molecule has 7 nitrogen and oxygen atoms in total. The van der Waals surface area contributed by atoms with E-state index in [2.05, 4.69) is 5.32 Å². The fourth-order valence-corrected chi connectivity index (χ4v) is 6.44. The second-order valence-corrected chi connectivity index (χ2v) is 10.2. The van der Waals surface area contributed by atoms with Gasteiger partial charge in [-0.3, -0.25) is 19.8 Å². The number of halogens is 2. The molecule has 3 aliphatic rings. The van der Waals surface area contributed by atoms with Gasteiger partial charge >= 0.3 is 5.97 Å². The molecule has 2 aromatic carbocycles. The van der Waals surface area contributed by atoms with Crippen LogP contribution in [0.3, 0.4) is 0 Å². The molecule has 3 aliphatic heterocycles. The SMILES string of the molecule is CC1(c2ccc(Cl)cc2)NC(c2ccccc2)C(=O)N1[C@@H]1C(=O)N2C(C(=O)O)=C(Cl)CS[C@@H]12. The largest absolute Gasteiger partial charge is 0.477 e. The van der Waals surface area contributed by atoms with E-state index in [4.69, 9.17) is 23.2 Å². The number of thioether (sulfide) groups is 1. The van der Waals surface area contributed by atoms with Gasteiger partial charge in [0.2, 0.25) is 5.91 Å². The number of carboxylic acids is 1. The molecule has 2 amide bonds. The number of hydrogen-bond acceptors (Lipinski definition) is 5. The van der Waals surface area contributed by atoms with E-state index in [1.165, 1.54) is 16.7 Å². The maximum absolute atomic E-state index is 13.8. The first kappa shape index (κ1) is 22.3. The van der Waals surface area contributed by atoms with Crippen LogP contribution in [-0.4, -0.2) is 49.9 Å². The van der Waals surface area contributed by atoms with Gasteiger partial charge in [0.15, 0.2) is 0 Å². The van der Waals surface area contributed by atoms with Crippen LogP contribution in [-0.2, 0) is 20.0 Å². The first-order valence-corrected chi connectivity index (χ1v) is 12.0. The van der Waals surface area contributed by atoms with E-state index in [0.717, 1.165) is 11.1 Å². The summed E-state index contributed by atoms with van der Waals surface area (Å²) < 4.78 is 0. The van der Waals surface area contributed by atoms with Crippen molar-refractivity contribution in [1.29, 1.82) is 0 Å². The van der Waals surface area contributed by atoms with Gasteiger partial charge in [0.1, 0.15) is 28.8 Å². The van der Waals surface area contributed by atoms with Crippen molar-refractivity contribution in [2.24, 2.45) is 0 Å². The Hall–Kier alpha value is -2.52. The van der Waals surface area contributed by atoms with E-state index in [1.54, 1.807) is 17.0 Å². The standard InChI is InChI=1S/C23H19Cl2N3O4S/c1-23(13-7-9-14(24)10-8-13)26-16(12-5-3-2-4-6-12)19(29)28(23)18-20(30)27-17(22(31)32)15(25)11-33-21(18)27/h2-10,16,18,21,26H,11H2,1H3,(H,31,32)/t16?,18-,21+,23?/m1/s1. The van der Waals surface area contributed by atoms with Gasteiger partial charge in [0.05, 0.1) is 5.03 Å². The number of fused-ring (bicyclic) bond motifs is 1. The number of benzene rings is 2. The van der Waals surface area contributed by atoms with Gasteiger partial charge in [-0.2, -0.15) is 0 Å². The lowest BCUT2D eigenvalue weighted by Crippen LogP contribution is -2.73. The lowest BCUT2D eigenvalue weighted by Gasteiger charge is -2.54. The molecule has 170 valence electrons. The van der Waals surface area contributed by atoms with Gasteiger partial charge in [-0.25, -0.2) is 4.79 Å². The summed E-state index contributed by atoms with van der Waals surface area (Å²) in [5.74, 6) is -1.73. The monoisotopic (exact) mass is 503 g/mol. The maximum atomic E-state index is 13.8. The summed E-state index contributed by atoms with van der Waals surface area (Å²) in [5.41, 5.74) is 0.301.